The Kier molecular flexibility index (Phi) is 5.68. The maximum Gasteiger partial charge on any atom is 0.251 e. The summed E-state index contributed by atoms with van der Waals surface area (Å²) in [6, 6.07) is 0. The Hall–Kier alpha value is -3.16. The SMILES string of the molecule is CCCNc1nc(-c2cn(CC3CC3)nn2)nc2c1ncn2C1O[C@H](C(=O)NC)[C@@H](O)[C@H]1O. The van der Waals surface area contributed by atoms with Gasteiger partial charge in [-0.2, -0.15) is 0 Å². The van der Waals surface area contributed by atoms with E-state index in [-0.39, 0.29) is 0 Å². The molecule has 2 fully saturated rings. The van der Waals surface area contributed by atoms with Crippen LogP contribution in [0.2, 0.25) is 0 Å². The second kappa shape index (κ2) is 8.65. The molecule has 1 aliphatic heterocycles. The van der Waals surface area contributed by atoms with Gasteiger partial charge in [-0.1, -0.05) is 12.1 Å². The number of nitrogens with zero attached hydrogens (tertiary/aromatic N) is 7. The van der Waals surface area contributed by atoms with Gasteiger partial charge in [-0.3, -0.25) is 14.0 Å². The number of aromatic nitrogens is 7. The fraction of sp³-hybridized carbons (Fsp3) is 0.600. The van der Waals surface area contributed by atoms with Crippen molar-refractivity contribution in [1.29, 1.82) is 0 Å². The van der Waals surface area contributed by atoms with Crippen molar-refractivity contribution in [2.45, 2.75) is 57.3 Å². The predicted octanol–water partition coefficient (Wildman–Crippen LogP) is -0.318. The van der Waals surface area contributed by atoms with Crippen LogP contribution in [0.1, 0.15) is 32.4 Å². The lowest BCUT2D eigenvalue weighted by atomic mass is 10.1. The number of aliphatic hydroxyl groups excluding tert-OH is 2. The normalized spacial score (nSPS) is 25.0. The number of aliphatic hydroxyl groups is 2. The molecule has 13 nitrogen and oxygen atoms in total. The first kappa shape index (κ1) is 21.7. The highest BCUT2D eigenvalue weighted by Gasteiger charge is 2.47. The third-order valence-electron chi connectivity index (χ3n) is 5.89. The minimum atomic E-state index is -1.39. The Morgan fingerprint density at radius 1 is 1.27 bits per heavy atom. The van der Waals surface area contributed by atoms with E-state index < -0.39 is 30.4 Å². The van der Waals surface area contributed by atoms with Crippen LogP contribution in [0.15, 0.2) is 12.5 Å². The van der Waals surface area contributed by atoms with Crippen LogP contribution in [0.5, 0.6) is 0 Å². The van der Waals surface area contributed by atoms with Gasteiger partial charge in [-0.15, -0.1) is 5.10 Å². The van der Waals surface area contributed by atoms with E-state index in [1.54, 1.807) is 4.68 Å². The number of hydrogen-bond acceptors (Lipinski definition) is 10. The van der Waals surface area contributed by atoms with Gasteiger partial charge >= 0.3 is 0 Å². The van der Waals surface area contributed by atoms with Crippen molar-refractivity contribution < 1.29 is 19.7 Å². The number of imidazole rings is 1. The molecule has 1 saturated heterocycles. The summed E-state index contributed by atoms with van der Waals surface area (Å²) in [5.74, 6) is 0.984. The molecule has 0 bridgehead atoms. The number of rotatable bonds is 8. The third kappa shape index (κ3) is 4.03. The first-order chi connectivity index (χ1) is 16.0. The maximum absolute atomic E-state index is 12.1. The van der Waals surface area contributed by atoms with Gasteiger partial charge in [0.25, 0.3) is 5.91 Å². The van der Waals surface area contributed by atoms with E-state index in [1.165, 1.54) is 30.8 Å². The lowest BCUT2D eigenvalue weighted by molar-refractivity contribution is -0.137. The van der Waals surface area contributed by atoms with E-state index in [0.717, 1.165) is 13.0 Å². The van der Waals surface area contributed by atoms with Crippen LogP contribution in [0.25, 0.3) is 22.7 Å². The molecule has 1 saturated carbocycles. The number of likely N-dealkylation sites (N-methyl/N-ethyl adjacent to an activating group) is 1. The van der Waals surface area contributed by atoms with Gasteiger partial charge in [0, 0.05) is 20.1 Å². The molecule has 0 aromatic carbocycles. The van der Waals surface area contributed by atoms with Crippen LogP contribution in [-0.4, -0.2) is 82.5 Å². The summed E-state index contributed by atoms with van der Waals surface area (Å²) in [7, 11) is 1.44. The molecule has 1 amide bonds. The van der Waals surface area contributed by atoms with Gasteiger partial charge in [-0.25, -0.2) is 15.0 Å². The predicted molar refractivity (Wildman–Crippen MR) is 116 cm³/mol. The molecule has 3 aromatic heterocycles. The molecule has 2 aliphatic rings. The van der Waals surface area contributed by atoms with Crippen LogP contribution in [0, 0.1) is 5.92 Å². The number of ether oxygens (including phenoxy) is 1. The van der Waals surface area contributed by atoms with Crippen molar-refractivity contribution in [1.82, 2.24) is 39.8 Å². The number of anilines is 1. The largest absolute Gasteiger partial charge is 0.387 e. The number of carbonyl (C=O) groups excluding carboxylic acids is 1. The molecular formula is C20H27N9O4. The number of carbonyl (C=O) groups is 1. The van der Waals surface area contributed by atoms with Crippen LogP contribution in [0.3, 0.4) is 0 Å². The molecule has 1 unspecified atom stereocenters. The average Bonchev–Trinajstić information content (AvgIpc) is 3.21. The summed E-state index contributed by atoms with van der Waals surface area (Å²) in [5, 5.41) is 35.1. The summed E-state index contributed by atoms with van der Waals surface area (Å²) >= 11 is 0. The summed E-state index contributed by atoms with van der Waals surface area (Å²) in [6.45, 7) is 3.53. The molecular weight excluding hydrogens is 430 g/mol. The van der Waals surface area contributed by atoms with Crippen molar-refractivity contribution in [3.8, 4) is 11.5 Å². The van der Waals surface area contributed by atoms with E-state index >= 15 is 0 Å². The molecule has 5 rings (SSSR count). The van der Waals surface area contributed by atoms with Crippen LogP contribution in [-0.2, 0) is 16.1 Å². The molecule has 0 radical (unpaired) electrons. The van der Waals surface area contributed by atoms with E-state index in [9.17, 15) is 15.0 Å². The highest BCUT2D eigenvalue weighted by molar-refractivity contribution is 5.85. The summed E-state index contributed by atoms with van der Waals surface area (Å²) in [5.41, 5.74) is 1.37. The Labute approximate surface area is 189 Å². The Balaban J connectivity index is 1.54. The lowest BCUT2D eigenvalue weighted by Crippen LogP contribution is -2.41. The Morgan fingerprint density at radius 3 is 2.82 bits per heavy atom. The fourth-order valence-corrected chi connectivity index (χ4v) is 3.89. The maximum atomic E-state index is 12.1. The smallest absolute Gasteiger partial charge is 0.251 e. The summed E-state index contributed by atoms with van der Waals surface area (Å²) in [4.78, 5) is 25.7. The summed E-state index contributed by atoms with van der Waals surface area (Å²) < 4.78 is 9.01. The molecule has 4 atom stereocenters. The first-order valence-corrected chi connectivity index (χ1v) is 11.1. The highest BCUT2D eigenvalue weighted by Crippen LogP contribution is 2.34. The molecule has 176 valence electrons. The second-order valence-electron chi connectivity index (χ2n) is 8.46. The lowest BCUT2D eigenvalue weighted by Gasteiger charge is -2.16. The standard InChI is InChI=1S/C20H27N9O4/c1-3-6-22-17-12-18(25-16(24-17)11-8-28(27-26-11)7-10-4-5-10)29(9-23-12)20-14(31)13(30)15(33-20)19(32)21-2/h8-10,13-15,20,30-31H,3-7H2,1-2H3,(H,21,32)(H,22,24,25)/t13-,14+,15-,20?/m0/s1. The Morgan fingerprint density at radius 2 is 2.09 bits per heavy atom. The van der Waals surface area contributed by atoms with E-state index in [4.69, 9.17) is 4.74 Å². The van der Waals surface area contributed by atoms with Gasteiger partial charge in [0.1, 0.15) is 17.9 Å². The second-order valence-corrected chi connectivity index (χ2v) is 8.46. The van der Waals surface area contributed by atoms with Crippen molar-refractivity contribution in [3.63, 3.8) is 0 Å². The fourth-order valence-electron chi connectivity index (χ4n) is 3.89. The summed E-state index contributed by atoms with van der Waals surface area (Å²) in [6.07, 6.45) is 1.54. The van der Waals surface area contributed by atoms with Crippen LogP contribution in [0.4, 0.5) is 5.82 Å². The monoisotopic (exact) mass is 457 g/mol. The number of fused-ring (bicyclic) bond motifs is 1. The minimum Gasteiger partial charge on any atom is -0.387 e. The first-order valence-electron chi connectivity index (χ1n) is 11.1. The molecule has 0 spiro atoms. The van der Waals surface area contributed by atoms with Gasteiger partial charge in [0.15, 0.2) is 35.1 Å². The van der Waals surface area contributed by atoms with E-state index in [2.05, 4.69) is 35.9 Å². The zero-order valence-electron chi connectivity index (χ0n) is 18.4. The van der Waals surface area contributed by atoms with Crippen molar-refractivity contribution >= 4 is 22.9 Å². The van der Waals surface area contributed by atoms with Crippen molar-refractivity contribution in [2.24, 2.45) is 5.92 Å². The van der Waals surface area contributed by atoms with Crippen molar-refractivity contribution in [2.75, 3.05) is 18.9 Å². The number of amides is 1. The number of nitrogens with one attached hydrogen (secondary N) is 2. The zero-order valence-corrected chi connectivity index (χ0v) is 18.4. The van der Waals surface area contributed by atoms with Crippen LogP contribution < -0.4 is 10.6 Å². The topological polar surface area (TPSA) is 165 Å². The van der Waals surface area contributed by atoms with Crippen LogP contribution >= 0.6 is 0 Å². The van der Waals surface area contributed by atoms with Gasteiger partial charge in [0.05, 0.1) is 12.5 Å². The molecule has 4 N–H and O–H groups in total. The molecule has 4 heterocycles. The van der Waals surface area contributed by atoms with Gasteiger partial charge in [0.2, 0.25) is 0 Å². The van der Waals surface area contributed by atoms with E-state index in [0.29, 0.717) is 41.0 Å². The van der Waals surface area contributed by atoms with Crippen molar-refractivity contribution in [3.05, 3.63) is 12.5 Å². The molecule has 33 heavy (non-hydrogen) atoms. The average molecular weight is 457 g/mol. The Bertz CT molecular complexity index is 1160. The molecule has 13 heteroatoms. The highest BCUT2D eigenvalue weighted by atomic mass is 16.6. The zero-order chi connectivity index (χ0) is 23.1. The van der Waals surface area contributed by atoms with E-state index in [1.807, 2.05) is 13.1 Å². The molecule has 1 aliphatic carbocycles. The van der Waals surface area contributed by atoms with Gasteiger partial charge < -0.3 is 25.6 Å². The third-order valence-corrected chi connectivity index (χ3v) is 5.89. The quantitative estimate of drug-likeness (QED) is 0.352. The van der Waals surface area contributed by atoms with Gasteiger partial charge in [-0.05, 0) is 25.2 Å². The minimum absolute atomic E-state index is 0.348. The number of hydrogen-bond donors (Lipinski definition) is 4. The molecule has 3 aromatic rings.